The van der Waals surface area contributed by atoms with Crippen LogP contribution in [0.2, 0.25) is 0 Å². The van der Waals surface area contributed by atoms with Crippen LogP contribution in [0.15, 0.2) is 48.9 Å². The first-order chi connectivity index (χ1) is 16.8. The smallest absolute Gasteiger partial charge is 0.286 e. The molecule has 1 atom stereocenters. The van der Waals surface area contributed by atoms with E-state index in [1.54, 1.807) is 16.9 Å². The molecule has 0 aliphatic carbocycles. The predicted molar refractivity (Wildman–Crippen MR) is 126 cm³/mol. The molecule has 1 aliphatic heterocycles. The van der Waals surface area contributed by atoms with E-state index in [-0.39, 0.29) is 5.56 Å². The number of nitrogens with zero attached hydrogens (tertiary/aromatic N) is 6. The van der Waals surface area contributed by atoms with Crippen LogP contribution in [-0.2, 0) is 10.7 Å². The van der Waals surface area contributed by atoms with Crippen molar-refractivity contribution in [2.45, 2.75) is 26.0 Å². The second-order valence-corrected chi connectivity index (χ2v) is 8.47. The minimum Gasteiger partial charge on any atom is -0.378 e. The third kappa shape index (κ3) is 4.77. The van der Waals surface area contributed by atoms with Gasteiger partial charge in [-0.25, -0.2) is 4.98 Å². The number of nitrogens with one attached hydrogen (secondary N) is 1. The third-order valence-corrected chi connectivity index (χ3v) is 5.89. The number of aliphatic hydroxyl groups is 1. The fourth-order valence-electron chi connectivity index (χ4n) is 4.02. The summed E-state index contributed by atoms with van der Waals surface area (Å²) in [5.41, 5.74) is 3.32. The van der Waals surface area contributed by atoms with Gasteiger partial charge in [-0.3, -0.25) is 9.97 Å². The van der Waals surface area contributed by atoms with Gasteiger partial charge >= 0.3 is 0 Å². The molecule has 11 heteroatoms. The highest BCUT2D eigenvalue weighted by Crippen LogP contribution is 2.30. The largest absolute Gasteiger partial charge is 0.378 e. The fraction of sp³-hybridized carbons (Fsp3) is 0.333. The van der Waals surface area contributed by atoms with Gasteiger partial charge < -0.3 is 20.1 Å². The molecule has 0 amide bonds. The summed E-state index contributed by atoms with van der Waals surface area (Å²) < 4.78 is 34.6. The average molecular weight is 482 g/mol. The highest BCUT2D eigenvalue weighted by molar-refractivity contribution is 5.71. The van der Waals surface area contributed by atoms with Crippen molar-refractivity contribution < 1.29 is 18.6 Å². The molecule has 1 fully saturated rings. The summed E-state index contributed by atoms with van der Waals surface area (Å²) in [6, 6.07) is 8.31. The van der Waals surface area contributed by atoms with Crippen molar-refractivity contribution in [2.75, 3.05) is 36.5 Å². The Labute approximate surface area is 200 Å². The van der Waals surface area contributed by atoms with Gasteiger partial charge in [0.1, 0.15) is 11.5 Å². The van der Waals surface area contributed by atoms with Crippen LogP contribution in [0.3, 0.4) is 0 Å². The lowest BCUT2D eigenvalue weighted by Crippen LogP contribution is -2.37. The van der Waals surface area contributed by atoms with Crippen molar-refractivity contribution in [3.05, 3.63) is 65.9 Å². The van der Waals surface area contributed by atoms with Gasteiger partial charge in [-0.1, -0.05) is 0 Å². The van der Waals surface area contributed by atoms with Crippen LogP contribution in [-0.4, -0.2) is 56.0 Å². The molecule has 0 radical (unpaired) electrons. The van der Waals surface area contributed by atoms with Gasteiger partial charge in [-0.05, 0) is 25.1 Å². The maximum absolute atomic E-state index is 13.7. The van der Waals surface area contributed by atoms with E-state index in [9.17, 15) is 13.9 Å². The molecule has 4 aromatic rings. The lowest BCUT2D eigenvalue weighted by atomic mass is 10.1. The van der Waals surface area contributed by atoms with Gasteiger partial charge in [-0.15, -0.1) is 0 Å². The first-order valence-electron chi connectivity index (χ1n) is 11.2. The number of anilines is 2. The van der Waals surface area contributed by atoms with Crippen LogP contribution < -0.4 is 10.2 Å². The summed E-state index contributed by atoms with van der Waals surface area (Å²) in [6.45, 7) is 5.41. The number of pyridine rings is 2. The summed E-state index contributed by atoms with van der Waals surface area (Å²) in [5.74, 6) is -2.20. The number of ether oxygens (including phenoxy) is 1. The number of hydrogen-bond donors (Lipinski definition) is 2. The van der Waals surface area contributed by atoms with E-state index in [4.69, 9.17) is 9.72 Å². The second-order valence-electron chi connectivity index (χ2n) is 8.47. The van der Waals surface area contributed by atoms with E-state index in [1.165, 1.54) is 18.3 Å². The average Bonchev–Trinajstić information content (AvgIpc) is 3.33. The Morgan fingerprint density at radius 2 is 1.91 bits per heavy atom. The zero-order valence-electron chi connectivity index (χ0n) is 19.3. The minimum atomic E-state index is -3.11. The highest BCUT2D eigenvalue weighted by Gasteiger charge is 2.27. The molecule has 0 bridgehead atoms. The monoisotopic (exact) mass is 481 g/mol. The summed E-state index contributed by atoms with van der Waals surface area (Å²) >= 11 is 0. The molecule has 182 valence electrons. The van der Waals surface area contributed by atoms with E-state index in [0.717, 1.165) is 37.1 Å². The van der Waals surface area contributed by atoms with Crippen LogP contribution in [0.1, 0.15) is 30.1 Å². The van der Waals surface area contributed by atoms with Crippen LogP contribution in [0.25, 0.3) is 16.9 Å². The first kappa shape index (κ1) is 23.1. The number of fused-ring (bicyclic) bond motifs is 1. The maximum Gasteiger partial charge on any atom is 0.286 e. The topological polar surface area (TPSA) is 101 Å². The molecule has 0 aromatic carbocycles. The minimum absolute atomic E-state index is 0.270. The van der Waals surface area contributed by atoms with Gasteiger partial charge in [0.2, 0.25) is 0 Å². The zero-order chi connectivity index (χ0) is 24.6. The summed E-state index contributed by atoms with van der Waals surface area (Å²) in [6.07, 6.45) is 3.31. The van der Waals surface area contributed by atoms with Crippen LogP contribution in [0, 0.1) is 6.92 Å². The van der Waals surface area contributed by atoms with E-state index < -0.39 is 17.8 Å². The first-order valence-corrected chi connectivity index (χ1v) is 11.2. The van der Waals surface area contributed by atoms with Gasteiger partial charge in [0.15, 0.2) is 11.9 Å². The molecule has 4 aromatic heterocycles. The quantitative estimate of drug-likeness (QED) is 0.404. The highest BCUT2D eigenvalue weighted by atomic mass is 19.3. The lowest BCUT2D eigenvalue weighted by molar-refractivity contribution is 0.0125. The summed E-state index contributed by atoms with van der Waals surface area (Å²) in [5, 5.41) is 18.0. The van der Waals surface area contributed by atoms with Crippen molar-refractivity contribution in [3.8, 4) is 11.3 Å². The van der Waals surface area contributed by atoms with Gasteiger partial charge in [0, 0.05) is 55.2 Å². The summed E-state index contributed by atoms with van der Waals surface area (Å²) in [4.78, 5) is 15.1. The number of alkyl halides is 2. The zero-order valence-corrected chi connectivity index (χ0v) is 19.3. The number of hydrogen-bond acceptors (Lipinski definition) is 8. The van der Waals surface area contributed by atoms with E-state index in [2.05, 4.69) is 25.3 Å². The van der Waals surface area contributed by atoms with Crippen LogP contribution in [0.5, 0.6) is 0 Å². The van der Waals surface area contributed by atoms with Crippen molar-refractivity contribution in [1.82, 2.24) is 24.6 Å². The Kier molecular flexibility index (Phi) is 6.03. The standard InChI is InChI=1S/C24H25F2N7O2/c1-15-18(19-13-22(32-7-9-35-10-8-32)33-21(31-19)4-6-29-33)12-17(14-28-15)30-23(34)16-3-5-27-20(11-16)24(2,25)26/h3-6,11-14,23,30,34H,7-10H2,1-2H3. The molecule has 5 rings (SSSR count). The number of rotatable bonds is 6. The SMILES string of the molecule is Cc1ncc(NC(O)c2ccnc(C(C)(F)F)c2)cc1-c1cc(N2CCOCC2)n2nccc2n1. The Hall–Kier alpha value is -3.70. The van der Waals surface area contributed by atoms with Crippen molar-refractivity contribution in [1.29, 1.82) is 0 Å². The third-order valence-electron chi connectivity index (χ3n) is 5.89. The molecule has 1 saturated heterocycles. The molecular weight excluding hydrogens is 456 g/mol. The normalized spacial score (nSPS) is 15.4. The van der Waals surface area contributed by atoms with Gasteiger partial charge in [0.25, 0.3) is 5.92 Å². The number of halogens is 2. The molecule has 0 saturated carbocycles. The predicted octanol–water partition coefficient (Wildman–Crippen LogP) is 3.55. The second kappa shape index (κ2) is 9.16. The maximum atomic E-state index is 13.7. The molecule has 0 spiro atoms. The Bertz CT molecular complexity index is 1350. The molecule has 1 unspecified atom stereocenters. The van der Waals surface area contributed by atoms with E-state index in [0.29, 0.717) is 30.2 Å². The van der Waals surface area contributed by atoms with Crippen LogP contribution in [0.4, 0.5) is 20.3 Å². The molecule has 5 heterocycles. The van der Waals surface area contributed by atoms with Gasteiger partial charge in [-0.2, -0.15) is 18.4 Å². The lowest BCUT2D eigenvalue weighted by Gasteiger charge is -2.29. The fourth-order valence-corrected chi connectivity index (χ4v) is 4.02. The molecule has 1 aliphatic rings. The number of aromatic nitrogens is 5. The number of aryl methyl sites for hydroxylation is 1. The van der Waals surface area contributed by atoms with Gasteiger partial charge in [0.05, 0.1) is 37.0 Å². The Morgan fingerprint density at radius 1 is 1.11 bits per heavy atom. The molecular formula is C24H25F2N7O2. The van der Waals surface area contributed by atoms with Crippen molar-refractivity contribution in [3.63, 3.8) is 0 Å². The Balaban J connectivity index is 1.47. The number of aliphatic hydroxyl groups excluding tert-OH is 1. The van der Waals surface area contributed by atoms with E-state index in [1.807, 2.05) is 25.1 Å². The summed E-state index contributed by atoms with van der Waals surface area (Å²) in [7, 11) is 0. The van der Waals surface area contributed by atoms with Crippen LogP contribution >= 0.6 is 0 Å². The van der Waals surface area contributed by atoms with E-state index >= 15 is 0 Å². The number of morpholine rings is 1. The molecule has 35 heavy (non-hydrogen) atoms. The van der Waals surface area contributed by atoms with Crippen molar-refractivity contribution >= 4 is 17.2 Å². The van der Waals surface area contributed by atoms with Crippen molar-refractivity contribution in [2.24, 2.45) is 0 Å². The molecule has 9 nitrogen and oxygen atoms in total. The Morgan fingerprint density at radius 3 is 2.69 bits per heavy atom. The molecule has 2 N–H and O–H groups in total.